The van der Waals surface area contributed by atoms with E-state index in [1.807, 2.05) is 0 Å². The zero-order chi connectivity index (χ0) is 19.3. The molecule has 2 aliphatic carbocycles. The summed E-state index contributed by atoms with van der Waals surface area (Å²) < 4.78 is 4.09. The van der Waals surface area contributed by atoms with Crippen LogP contribution in [0, 0.1) is 5.41 Å². The Morgan fingerprint density at radius 3 is 2.21 bits per heavy atom. The second kappa shape index (κ2) is 9.17. The largest absolute Gasteiger partial charge is 1.00 e. The van der Waals surface area contributed by atoms with Crippen LogP contribution in [0.2, 0.25) is 3.63 Å². The van der Waals surface area contributed by atoms with Gasteiger partial charge in [0, 0.05) is 0 Å². The maximum atomic E-state index is 2.62. The predicted octanol–water partition coefficient (Wildman–Crippen LogP) is 0.442. The van der Waals surface area contributed by atoms with E-state index in [0.717, 1.165) is 6.42 Å². The van der Waals surface area contributed by atoms with Crippen molar-refractivity contribution in [2.45, 2.75) is 51.6 Å². The van der Waals surface area contributed by atoms with Crippen LogP contribution in [-0.4, -0.2) is 3.21 Å². The molecule has 0 fully saturated rings. The normalized spacial score (nSPS) is 16.4. The molecule has 2 aromatic carbocycles. The van der Waals surface area contributed by atoms with E-state index in [1.54, 1.807) is 17.6 Å². The van der Waals surface area contributed by atoms with Crippen molar-refractivity contribution in [2.75, 3.05) is 0 Å². The minimum Gasteiger partial charge on any atom is -1.00 e. The first-order chi connectivity index (χ1) is 12.8. The summed E-state index contributed by atoms with van der Waals surface area (Å²) in [6, 6.07) is 16.1. The van der Waals surface area contributed by atoms with E-state index in [9.17, 15) is 0 Å². The molecule has 0 spiro atoms. The maximum absolute atomic E-state index is 2.62. The van der Waals surface area contributed by atoms with Crippen molar-refractivity contribution in [3.05, 3.63) is 76.9 Å². The molecule has 4 rings (SSSR count). The van der Waals surface area contributed by atoms with Crippen molar-refractivity contribution >= 4 is 6.48 Å². The monoisotopic (exact) mass is 502 g/mol. The van der Waals surface area contributed by atoms with Gasteiger partial charge in [0.05, 0.1) is 0 Å². The summed E-state index contributed by atoms with van der Waals surface area (Å²) in [5.41, 5.74) is 9.42. The van der Waals surface area contributed by atoms with Crippen LogP contribution in [0.15, 0.2) is 65.8 Å². The maximum Gasteiger partial charge on any atom is -1.00 e. The first kappa shape index (κ1) is 24.5. The number of allylic oxidation sites excluding steroid dienone is 4. The SMILES string of the molecule is CC1=CC(C(C)(C)C)=C[CH]1[Zr+2](=[C](C)C)[c]1cccc2c1Cc1ccccc1-2.[Cl-].[Cl-]. The molecule has 0 radical (unpaired) electrons. The number of halogens is 2. The molecule has 0 N–H and O–H groups in total. The van der Waals surface area contributed by atoms with Crippen molar-refractivity contribution in [1.82, 2.24) is 0 Å². The Labute approximate surface area is 196 Å². The zero-order valence-electron chi connectivity index (χ0n) is 18.2. The topological polar surface area (TPSA) is 0 Å². The fourth-order valence-corrected chi connectivity index (χ4v) is 12.5. The quantitative estimate of drug-likeness (QED) is 0.476. The number of benzene rings is 2. The van der Waals surface area contributed by atoms with Gasteiger partial charge in [0.1, 0.15) is 0 Å². The number of hydrogen-bond donors (Lipinski definition) is 0. The van der Waals surface area contributed by atoms with Gasteiger partial charge in [-0.3, -0.25) is 0 Å². The van der Waals surface area contributed by atoms with E-state index in [4.69, 9.17) is 0 Å². The Hall–Kier alpha value is -0.747. The molecular weight excluding hydrogens is 474 g/mol. The average Bonchev–Trinajstić information content (AvgIpc) is 3.16. The fourth-order valence-electron chi connectivity index (χ4n) is 4.63. The van der Waals surface area contributed by atoms with Gasteiger partial charge in [0.2, 0.25) is 0 Å². The minimum absolute atomic E-state index is 0. The summed E-state index contributed by atoms with van der Waals surface area (Å²) in [4.78, 5) is 0. The Morgan fingerprint density at radius 1 is 0.931 bits per heavy atom. The fraction of sp³-hybridized carbons (Fsp3) is 0.346. The summed E-state index contributed by atoms with van der Waals surface area (Å²) in [5.74, 6) is 0. The molecule has 0 aliphatic heterocycles. The van der Waals surface area contributed by atoms with Crippen LogP contribution in [0.4, 0.5) is 0 Å². The molecule has 1 unspecified atom stereocenters. The summed E-state index contributed by atoms with van der Waals surface area (Å²) in [6.45, 7) is 14.2. The third-order valence-corrected chi connectivity index (χ3v) is 14.4. The zero-order valence-corrected chi connectivity index (χ0v) is 22.2. The number of hydrogen-bond acceptors (Lipinski definition) is 0. The van der Waals surface area contributed by atoms with Crippen molar-refractivity contribution in [3.63, 3.8) is 0 Å². The van der Waals surface area contributed by atoms with Gasteiger partial charge in [0.25, 0.3) is 0 Å². The van der Waals surface area contributed by atoms with Crippen molar-refractivity contribution in [2.24, 2.45) is 5.41 Å². The summed E-state index contributed by atoms with van der Waals surface area (Å²) in [7, 11) is 0. The van der Waals surface area contributed by atoms with Gasteiger partial charge in [-0.25, -0.2) is 0 Å². The molecule has 3 heteroatoms. The molecule has 152 valence electrons. The minimum atomic E-state index is -2.01. The molecule has 1 atom stereocenters. The number of rotatable bonds is 2. The molecule has 2 aliphatic rings. The second-order valence-electron chi connectivity index (χ2n) is 9.32. The van der Waals surface area contributed by atoms with Gasteiger partial charge in [-0.2, -0.15) is 0 Å². The molecule has 2 aromatic rings. The molecule has 0 bridgehead atoms. The van der Waals surface area contributed by atoms with Crippen molar-refractivity contribution in [3.8, 4) is 11.1 Å². The molecule has 0 nitrogen and oxygen atoms in total. The summed E-state index contributed by atoms with van der Waals surface area (Å²) >= 11 is -2.01. The van der Waals surface area contributed by atoms with Gasteiger partial charge >= 0.3 is 173 Å². The Balaban J connectivity index is 0.00000150. The molecule has 0 heterocycles. The van der Waals surface area contributed by atoms with Crippen LogP contribution in [-0.2, 0) is 27.7 Å². The smallest absolute Gasteiger partial charge is 1.00 e. The molecule has 0 amide bonds. The van der Waals surface area contributed by atoms with Crippen molar-refractivity contribution < 1.29 is 46.1 Å². The van der Waals surface area contributed by atoms with Gasteiger partial charge in [0.15, 0.2) is 0 Å². The Morgan fingerprint density at radius 2 is 1.59 bits per heavy atom. The Kier molecular flexibility index (Phi) is 7.76. The number of fused-ring (bicyclic) bond motifs is 3. The molecule has 0 saturated carbocycles. The van der Waals surface area contributed by atoms with E-state index in [-0.39, 0.29) is 30.2 Å². The van der Waals surface area contributed by atoms with E-state index < -0.39 is 21.3 Å². The van der Waals surface area contributed by atoms with Gasteiger partial charge in [-0.05, 0) is 0 Å². The van der Waals surface area contributed by atoms with E-state index in [0.29, 0.717) is 3.63 Å². The van der Waals surface area contributed by atoms with Gasteiger partial charge < -0.3 is 24.8 Å². The standard InChI is InChI=1S/C13H9.C10H15.C3H6.2ClH.Zr/c1-3-7-12-10(5-1)9-11-6-2-4-8-13(11)12;1-8-5-6-9(7-8)10(2,3)4;1-3-2;;;/h1-5,7-8H,9H2;5-7H,1-4H3;1-2H3;2*1H;/q;;;;;+2/p-2. The third-order valence-electron chi connectivity index (χ3n) is 6.08. The Bertz CT molecular complexity index is 1020. The summed E-state index contributed by atoms with van der Waals surface area (Å²) in [5, 5.41) is 0. The average molecular weight is 505 g/mol. The molecule has 0 aromatic heterocycles. The van der Waals surface area contributed by atoms with Gasteiger partial charge in [-0.15, -0.1) is 0 Å². The van der Waals surface area contributed by atoms with Crippen LogP contribution in [0.25, 0.3) is 11.1 Å². The molecule has 29 heavy (non-hydrogen) atoms. The summed E-state index contributed by atoms with van der Waals surface area (Å²) in [6.07, 6.45) is 6.22. The van der Waals surface area contributed by atoms with Crippen LogP contribution < -0.4 is 28.1 Å². The molecule has 0 saturated heterocycles. The van der Waals surface area contributed by atoms with Gasteiger partial charge in [-0.1, -0.05) is 0 Å². The van der Waals surface area contributed by atoms with E-state index >= 15 is 0 Å². The first-order valence-electron chi connectivity index (χ1n) is 10.1. The van der Waals surface area contributed by atoms with E-state index in [1.165, 1.54) is 22.3 Å². The van der Waals surface area contributed by atoms with Crippen LogP contribution in [0.5, 0.6) is 0 Å². The first-order valence-corrected chi connectivity index (χ1v) is 13.9. The predicted molar refractivity (Wildman–Crippen MR) is 116 cm³/mol. The van der Waals surface area contributed by atoms with E-state index in [2.05, 4.69) is 96.2 Å². The molecular formula is C26H30Cl2Zr. The second-order valence-corrected chi connectivity index (χ2v) is 16.7. The van der Waals surface area contributed by atoms with Crippen LogP contribution in [0.1, 0.15) is 52.7 Å². The van der Waals surface area contributed by atoms with Crippen molar-refractivity contribution in [1.29, 1.82) is 0 Å². The third kappa shape index (κ3) is 4.48. The van der Waals surface area contributed by atoms with Crippen LogP contribution >= 0.6 is 0 Å². The van der Waals surface area contributed by atoms with Crippen LogP contribution in [0.3, 0.4) is 0 Å².